The van der Waals surface area contributed by atoms with Crippen LogP contribution in [-0.4, -0.2) is 33.0 Å². The first kappa shape index (κ1) is 15.1. The van der Waals surface area contributed by atoms with E-state index in [1.807, 2.05) is 0 Å². The highest BCUT2D eigenvalue weighted by Crippen LogP contribution is 2.25. The number of hydrogen-bond acceptors (Lipinski definition) is 5. The molecule has 1 saturated heterocycles. The number of carbonyl (C=O) groups excluding carboxylic acids is 1. The van der Waals surface area contributed by atoms with Crippen LogP contribution >= 0.6 is 0 Å². The molecule has 23 heavy (non-hydrogen) atoms. The smallest absolute Gasteiger partial charge is 0.255 e. The van der Waals surface area contributed by atoms with Crippen LogP contribution in [0.1, 0.15) is 12.8 Å². The SMILES string of the molecule is Cn1c(N2CCC[C@H]2C(N)=O)nc(-c2ccncc2F)cc1=O. The maximum Gasteiger partial charge on any atom is 0.255 e. The average molecular weight is 317 g/mol. The van der Waals surface area contributed by atoms with Crippen LogP contribution in [0.25, 0.3) is 11.3 Å². The van der Waals surface area contributed by atoms with Gasteiger partial charge in [-0.2, -0.15) is 0 Å². The van der Waals surface area contributed by atoms with Crippen molar-refractivity contribution < 1.29 is 9.18 Å². The van der Waals surface area contributed by atoms with Crippen LogP contribution in [0.2, 0.25) is 0 Å². The van der Waals surface area contributed by atoms with E-state index in [0.717, 1.165) is 12.6 Å². The van der Waals surface area contributed by atoms with Crippen LogP contribution in [0.15, 0.2) is 29.3 Å². The molecule has 2 aromatic rings. The molecule has 1 atom stereocenters. The quantitative estimate of drug-likeness (QED) is 0.886. The molecule has 0 unspecified atom stereocenters. The summed E-state index contributed by atoms with van der Waals surface area (Å²) in [5.74, 6) is -0.714. The van der Waals surface area contributed by atoms with Crippen LogP contribution in [0.5, 0.6) is 0 Å². The number of rotatable bonds is 3. The number of halogens is 1. The van der Waals surface area contributed by atoms with Crippen LogP contribution in [0, 0.1) is 5.82 Å². The van der Waals surface area contributed by atoms with Crippen LogP contribution in [-0.2, 0) is 11.8 Å². The highest BCUT2D eigenvalue weighted by atomic mass is 19.1. The van der Waals surface area contributed by atoms with E-state index >= 15 is 0 Å². The summed E-state index contributed by atoms with van der Waals surface area (Å²) in [6.07, 6.45) is 3.88. The first-order chi connectivity index (χ1) is 11.0. The van der Waals surface area contributed by atoms with Crippen molar-refractivity contribution in [3.63, 3.8) is 0 Å². The number of aromatic nitrogens is 3. The Morgan fingerprint density at radius 2 is 2.26 bits per heavy atom. The minimum absolute atomic E-state index is 0.189. The lowest BCUT2D eigenvalue weighted by atomic mass is 10.2. The van der Waals surface area contributed by atoms with E-state index in [1.54, 1.807) is 11.9 Å². The Kier molecular flexibility index (Phi) is 3.81. The zero-order valence-electron chi connectivity index (χ0n) is 12.6. The Hall–Kier alpha value is -2.77. The predicted octanol–water partition coefficient (Wildman–Crippen LogP) is 0.435. The molecule has 1 amide bonds. The molecule has 3 rings (SSSR count). The molecule has 0 spiro atoms. The van der Waals surface area contributed by atoms with Crippen molar-refractivity contribution in [1.29, 1.82) is 0 Å². The summed E-state index contributed by atoms with van der Waals surface area (Å²) in [5.41, 5.74) is 5.48. The fourth-order valence-electron chi connectivity index (χ4n) is 2.81. The lowest BCUT2D eigenvalue weighted by Gasteiger charge is -2.25. The van der Waals surface area contributed by atoms with E-state index in [-0.39, 0.29) is 16.8 Å². The highest BCUT2D eigenvalue weighted by Gasteiger charge is 2.32. The summed E-state index contributed by atoms with van der Waals surface area (Å²) in [7, 11) is 1.56. The molecule has 1 fully saturated rings. The van der Waals surface area contributed by atoms with Gasteiger partial charge < -0.3 is 10.6 Å². The number of nitrogens with two attached hydrogens (primary N) is 1. The van der Waals surface area contributed by atoms with Crippen LogP contribution < -0.4 is 16.2 Å². The second-order valence-corrected chi connectivity index (χ2v) is 5.45. The Bertz CT molecular complexity index is 820. The van der Waals surface area contributed by atoms with Crippen molar-refractivity contribution >= 4 is 11.9 Å². The third-order valence-corrected chi connectivity index (χ3v) is 4.00. The minimum atomic E-state index is -0.563. The van der Waals surface area contributed by atoms with Crippen molar-refractivity contribution in [1.82, 2.24) is 14.5 Å². The molecule has 1 aliphatic heterocycles. The molecule has 2 aromatic heterocycles. The molecule has 0 bridgehead atoms. The summed E-state index contributed by atoms with van der Waals surface area (Å²) in [5, 5.41) is 0. The van der Waals surface area contributed by atoms with Crippen molar-refractivity contribution in [3.05, 3.63) is 40.7 Å². The molecular formula is C15H16FN5O2. The van der Waals surface area contributed by atoms with Gasteiger partial charge in [-0.1, -0.05) is 0 Å². The van der Waals surface area contributed by atoms with E-state index < -0.39 is 17.8 Å². The van der Waals surface area contributed by atoms with Gasteiger partial charge in [-0.25, -0.2) is 9.37 Å². The summed E-state index contributed by atoms with van der Waals surface area (Å²) < 4.78 is 15.3. The summed E-state index contributed by atoms with van der Waals surface area (Å²) >= 11 is 0. The van der Waals surface area contributed by atoms with Crippen molar-refractivity contribution in [3.8, 4) is 11.3 Å². The maximum absolute atomic E-state index is 13.9. The zero-order chi connectivity index (χ0) is 16.6. The molecule has 0 saturated carbocycles. The molecule has 3 heterocycles. The number of pyridine rings is 1. The molecule has 120 valence electrons. The number of hydrogen-bond donors (Lipinski definition) is 1. The van der Waals surface area contributed by atoms with Crippen molar-refractivity contribution in [2.45, 2.75) is 18.9 Å². The number of anilines is 1. The molecule has 0 aromatic carbocycles. The standard InChI is InChI=1S/C15H16FN5O2/c1-20-13(22)7-11(9-4-5-18-8-10(9)16)19-15(20)21-6-2-3-12(21)14(17)23/h4-5,7-8,12H,2-3,6H2,1H3,(H2,17,23)/t12-/m0/s1. The number of nitrogens with zero attached hydrogens (tertiary/aromatic N) is 4. The molecule has 2 N–H and O–H groups in total. The first-order valence-corrected chi connectivity index (χ1v) is 7.23. The largest absolute Gasteiger partial charge is 0.368 e. The van der Waals surface area contributed by atoms with E-state index in [2.05, 4.69) is 9.97 Å². The molecule has 7 nitrogen and oxygen atoms in total. The van der Waals surface area contributed by atoms with Gasteiger partial charge in [-0.15, -0.1) is 0 Å². The fraction of sp³-hybridized carbons (Fsp3) is 0.333. The Morgan fingerprint density at radius 3 is 2.96 bits per heavy atom. The number of amides is 1. The lowest BCUT2D eigenvalue weighted by Crippen LogP contribution is -2.43. The van der Waals surface area contributed by atoms with Crippen LogP contribution in [0.4, 0.5) is 10.3 Å². The van der Waals surface area contributed by atoms with E-state index in [0.29, 0.717) is 18.9 Å². The Morgan fingerprint density at radius 1 is 1.48 bits per heavy atom. The average Bonchev–Trinajstić information content (AvgIpc) is 3.00. The lowest BCUT2D eigenvalue weighted by molar-refractivity contribution is -0.119. The van der Waals surface area contributed by atoms with Crippen molar-refractivity contribution in [2.24, 2.45) is 12.8 Å². The molecule has 0 aliphatic carbocycles. The second-order valence-electron chi connectivity index (χ2n) is 5.45. The number of carbonyl (C=O) groups is 1. The Labute approximate surface area is 131 Å². The Balaban J connectivity index is 2.13. The van der Waals surface area contributed by atoms with Gasteiger partial charge in [0.05, 0.1) is 11.9 Å². The second kappa shape index (κ2) is 5.79. The summed E-state index contributed by atoms with van der Waals surface area (Å²) in [6, 6.07) is 2.21. The monoisotopic (exact) mass is 317 g/mol. The number of primary amides is 1. The fourth-order valence-corrected chi connectivity index (χ4v) is 2.81. The van der Waals surface area contributed by atoms with Crippen molar-refractivity contribution in [2.75, 3.05) is 11.4 Å². The summed E-state index contributed by atoms with van der Waals surface area (Å²) in [4.78, 5) is 33.6. The van der Waals surface area contributed by atoms with Gasteiger partial charge in [0.2, 0.25) is 11.9 Å². The molecular weight excluding hydrogens is 301 g/mol. The van der Waals surface area contributed by atoms with E-state index in [4.69, 9.17) is 5.73 Å². The van der Waals surface area contributed by atoms with Crippen LogP contribution in [0.3, 0.4) is 0 Å². The van der Waals surface area contributed by atoms with Gasteiger partial charge in [0.1, 0.15) is 6.04 Å². The molecule has 0 radical (unpaired) electrons. The van der Waals surface area contributed by atoms with Gasteiger partial charge in [0.15, 0.2) is 5.82 Å². The van der Waals surface area contributed by atoms with Gasteiger partial charge in [0.25, 0.3) is 5.56 Å². The zero-order valence-corrected chi connectivity index (χ0v) is 12.6. The first-order valence-electron chi connectivity index (χ1n) is 7.23. The molecule has 1 aliphatic rings. The normalized spacial score (nSPS) is 17.5. The van der Waals surface area contributed by atoms with E-state index in [9.17, 15) is 14.0 Å². The third kappa shape index (κ3) is 2.67. The summed E-state index contributed by atoms with van der Waals surface area (Å²) in [6.45, 7) is 0.566. The predicted molar refractivity (Wildman–Crippen MR) is 82.2 cm³/mol. The maximum atomic E-state index is 13.9. The highest BCUT2D eigenvalue weighted by molar-refractivity contribution is 5.83. The third-order valence-electron chi connectivity index (χ3n) is 4.00. The topological polar surface area (TPSA) is 94.1 Å². The minimum Gasteiger partial charge on any atom is -0.368 e. The van der Waals surface area contributed by atoms with Gasteiger partial charge in [0, 0.05) is 31.4 Å². The van der Waals surface area contributed by atoms with Gasteiger partial charge in [-0.3, -0.25) is 19.1 Å². The van der Waals surface area contributed by atoms with Gasteiger partial charge in [-0.05, 0) is 18.9 Å². The van der Waals surface area contributed by atoms with Gasteiger partial charge >= 0.3 is 0 Å². The van der Waals surface area contributed by atoms with E-state index in [1.165, 1.54) is 22.9 Å². The molecule has 8 heteroatoms.